The summed E-state index contributed by atoms with van der Waals surface area (Å²) in [5.41, 5.74) is -0.461. The molecule has 98 valence electrons. The zero-order valence-electron chi connectivity index (χ0n) is 10.0. The van der Waals surface area contributed by atoms with E-state index in [0.29, 0.717) is 12.0 Å². The van der Waals surface area contributed by atoms with Crippen LogP contribution in [0.5, 0.6) is 0 Å². The number of hydrogen-bond acceptors (Lipinski definition) is 2. The largest absolute Gasteiger partial charge is 0.480 e. The van der Waals surface area contributed by atoms with Crippen LogP contribution in [0.15, 0.2) is 24.3 Å². The minimum Gasteiger partial charge on any atom is -0.480 e. The molecule has 4 nitrogen and oxygen atoms in total. The maximum Gasteiger partial charge on any atom is 0.320 e. The van der Waals surface area contributed by atoms with Gasteiger partial charge in [0.15, 0.2) is 5.41 Å². The van der Waals surface area contributed by atoms with Crippen molar-refractivity contribution in [2.24, 2.45) is 5.41 Å². The first-order valence-corrected chi connectivity index (χ1v) is 5.50. The molecule has 0 aromatic heterocycles. The molecule has 0 saturated heterocycles. The van der Waals surface area contributed by atoms with Crippen LogP contribution in [0.4, 0.5) is 4.39 Å². The fraction of sp³-hybridized carbons (Fsp3) is 0.385. The Hall–Kier alpha value is -1.91. The monoisotopic (exact) mass is 254 g/mol. The minimum atomic E-state index is -1.79. The number of aliphatic carboxylic acids is 2. The molecule has 1 aromatic carbocycles. The van der Waals surface area contributed by atoms with Crippen LogP contribution >= 0.6 is 0 Å². The van der Waals surface area contributed by atoms with E-state index in [1.807, 2.05) is 0 Å². The lowest BCUT2D eigenvalue weighted by Crippen LogP contribution is -2.36. The standard InChI is InChI=1S/C13H15FO4/c1-13(11(15)16,12(17)18)7-6-9-2-4-10(8-14)5-3-9/h2-5H,6-8H2,1H3,(H,15,16)(H,17,18). The predicted molar refractivity (Wildman–Crippen MR) is 63.0 cm³/mol. The first-order valence-electron chi connectivity index (χ1n) is 5.50. The third-order valence-electron chi connectivity index (χ3n) is 3.03. The molecule has 0 amide bonds. The zero-order valence-corrected chi connectivity index (χ0v) is 10.0. The molecule has 0 aliphatic carbocycles. The average molecular weight is 254 g/mol. The molecular weight excluding hydrogens is 239 g/mol. The average Bonchev–Trinajstić information content (AvgIpc) is 2.36. The number of carbonyl (C=O) groups is 2. The van der Waals surface area contributed by atoms with Crippen molar-refractivity contribution in [1.29, 1.82) is 0 Å². The molecule has 0 fully saturated rings. The van der Waals surface area contributed by atoms with E-state index < -0.39 is 24.0 Å². The van der Waals surface area contributed by atoms with Crippen molar-refractivity contribution in [1.82, 2.24) is 0 Å². The van der Waals surface area contributed by atoms with E-state index in [0.717, 1.165) is 5.56 Å². The van der Waals surface area contributed by atoms with Crippen LogP contribution in [0.25, 0.3) is 0 Å². The van der Waals surface area contributed by atoms with Crippen molar-refractivity contribution in [3.63, 3.8) is 0 Å². The normalized spacial score (nSPS) is 11.2. The van der Waals surface area contributed by atoms with Gasteiger partial charge in [0.2, 0.25) is 0 Å². The lowest BCUT2D eigenvalue weighted by molar-refractivity contribution is -0.163. The summed E-state index contributed by atoms with van der Waals surface area (Å²) in [7, 11) is 0. The fourth-order valence-electron chi connectivity index (χ4n) is 1.49. The Labute approximate surface area is 104 Å². The second-order valence-electron chi connectivity index (χ2n) is 4.39. The van der Waals surface area contributed by atoms with Crippen LogP contribution in [-0.4, -0.2) is 22.2 Å². The van der Waals surface area contributed by atoms with Gasteiger partial charge in [-0.3, -0.25) is 9.59 Å². The number of hydrogen-bond donors (Lipinski definition) is 2. The Kier molecular flexibility index (Phi) is 4.42. The number of rotatable bonds is 6. The minimum absolute atomic E-state index is 0.00730. The lowest BCUT2D eigenvalue weighted by atomic mass is 9.84. The van der Waals surface area contributed by atoms with Crippen molar-refractivity contribution >= 4 is 11.9 Å². The van der Waals surface area contributed by atoms with E-state index in [-0.39, 0.29) is 6.42 Å². The first-order chi connectivity index (χ1) is 8.40. The van der Waals surface area contributed by atoms with Gasteiger partial charge in [0, 0.05) is 0 Å². The quantitative estimate of drug-likeness (QED) is 0.763. The van der Waals surface area contributed by atoms with Crippen LogP contribution in [0, 0.1) is 5.41 Å². The molecule has 2 N–H and O–H groups in total. The van der Waals surface area contributed by atoms with Crippen molar-refractivity contribution in [2.45, 2.75) is 26.4 Å². The highest BCUT2D eigenvalue weighted by Crippen LogP contribution is 2.24. The molecule has 0 saturated carbocycles. The summed E-state index contributed by atoms with van der Waals surface area (Å²) in [5.74, 6) is -2.70. The summed E-state index contributed by atoms with van der Waals surface area (Å²) in [5, 5.41) is 17.9. The summed E-state index contributed by atoms with van der Waals surface area (Å²) in [4.78, 5) is 21.9. The second kappa shape index (κ2) is 5.62. The number of alkyl halides is 1. The summed E-state index contributed by atoms with van der Waals surface area (Å²) in [6, 6.07) is 6.57. The molecule has 0 atom stereocenters. The SMILES string of the molecule is CC(CCc1ccc(CF)cc1)(C(=O)O)C(=O)O. The molecule has 0 aliphatic rings. The zero-order chi connectivity index (χ0) is 13.8. The van der Waals surface area contributed by atoms with E-state index in [4.69, 9.17) is 10.2 Å². The molecule has 0 unspecified atom stereocenters. The number of carboxylic acids is 2. The molecule has 18 heavy (non-hydrogen) atoms. The highest BCUT2D eigenvalue weighted by molar-refractivity contribution is 5.97. The lowest BCUT2D eigenvalue weighted by Gasteiger charge is -2.19. The van der Waals surface area contributed by atoms with Gasteiger partial charge in [-0.2, -0.15) is 0 Å². The predicted octanol–water partition coefficient (Wildman–Crippen LogP) is 2.26. The molecule has 0 bridgehead atoms. The second-order valence-corrected chi connectivity index (χ2v) is 4.39. The molecule has 1 aromatic rings. The number of benzene rings is 1. The third kappa shape index (κ3) is 3.06. The number of halogens is 1. The number of aryl methyl sites for hydroxylation is 1. The van der Waals surface area contributed by atoms with Crippen molar-refractivity contribution < 1.29 is 24.2 Å². The molecule has 0 heterocycles. The van der Waals surface area contributed by atoms with Gasteiger partial charge in [-0.05, 0) is 30.9 Å². The van der Waals surface area contributed by atoms with E-state index in [9.17, 15) is 14.0 Å². The van der Waals surface area contributed by atoms with Gasteiger partial charge in [0.25, 0.3) is 0 Å². The van der Waals surface area contributed by atoms with E-state index in [1.165, 1.54) is 6.92 Å². The Morgan fingerprint density at radius 2 is 1.56 bits per heavy atom. The van der Waals surface area contributed by atoms with Gasteiger partial charge in [-0.1, -0.05) is 24.3 Å². The number of carboxylic acid groups (broad SMARTS) is 2. The van der Waals surface area contributed by atoms with Gasteiger partial charge in [0.05, 0.1) is 0 Å². The summed E-state index contributed by atoms with van der Waals surface area (Å²) in [6.07, 6.45) is 0.314. The van der Waals surface area contributed by atoms with E-state index in [1.54, 1.807) is 24.3 Å². The molecule has 5 heteroatoms. The molecule has 0 aliphatic heterocycles. The van der Waals surface area contributed by atoms with Crippen LogP contribution in [0.3, 0.4) is 0 Å². The smallest absolute Gasteiger partial charge is 0.320 e. The van der Waals surface area contributed by atoms with Gasteiger partial charge >= 0.3 is 11.9 Å². The van der Waals surface area contributed by atoms with Crippen LogP contribution in [0.2, 0.25) is 0 Å². The van der Waals surface area contributed by atoms with Crippen LogP contribution < -0.4 is 0 Å². The van der Waals surface area contributed by atoms with E-state index >= 15 is 0 Å². The van der Waals surface area contributed by atoms with Gasteiger partial charge in [-0.25, -0.2) is 4.39 Å². The highest BCUT2D eigenvalue weighted by atomic mass is 19.1. The van der Waals surface area contributed by atoms with Crippen molar-refractivity contribution in [3.8, 4) is 0 Å². The summed E-state index contributed by atoms with van der Waals surface area (Å²) < 4.78 is 12.3. The van der Waals surface area contributed by atoms with Crippen molar-refractivity contribution in [3.05, 3.63) is 35.4 Å². The Bertz CT molecular complexity index is 425. The summed E-state index contributed by atoms with van der Waals surface area (Å²) >= 11 is 0. The molecule has 1 rings (SSSR count). The first kappa shape index (κ1) is 14.2. The maximum absolute atomic E-state index is 12.3. The Balaban J connectivity index is 2.73. The van der Waals surface area contributed by atoms with Gasteiger partial charge in [0.1, 0.15) is 6.67 Å². The van der Waals surface area contributed by atoms with E-state index in [2.05, 4.69) is 0 Å². The Morgan fingerprint density at radius 3 is 1.94 bits per heavy atom. The maximum atomic E-state index is 12.3. The van der Waals surface area contributed by atoms with Crippen molar-refractivity contribution in [2.75, 3.05) is 0 Å². The van der Waals surface area contributed by atoms with Crippen LogP contribution in [-0.2, 0) is 22.7 Å². The summed E-state index contributed by atoms with van der Waals surface area (Å²) in [6.45, 7) is 0.635. The van der Waals surface area contributed by atoms with Gasteiger partial charge < -0.3 is 10.2 Å². The van der Waals surface area contributed by atoms with Gasteiger partial charge in [-0.15, -0.1) is 0 Å². The fourth-order valence-corrected chi connectivity index (χ4v) is 1.49. The van der Waals surface area contributed by atoms with Crippen LogP contribution in [0.1, 0.15) is 24.5 Å². The molecule has 0 spiro atoms. The third-order valence-corrected chi connectivity index (χ3v) is 3.03. The molecular formula is C13H15FO4. The topological polar surface area (TPSA) is 74.6 Å². The highest BCUT2D eigenvalue weighted by Gasteiger charge is 2.40. The Morgan fingerprint density at radius 1 is 1.11 bits per heavy atom. The molecule has 0 radical (unpaired) electrons.